The van der Waals surface area contributed by atoms with Crippen LogP contribution in [0.3, 0.4) is 0 Å². The van der Waals surface area contributed by atoms with E-state index in [1.807, 2.05) is 6.92 Å². The summed E-state index contributed by atoms with van der Waals surface area (Å²) < 4.78 is 55.6. The van der Waals surface area contributed by atoms with Gasteiger partial charge in [-0.05, 0) is 37.8 Å². The summed E-state index contributed by atoms with van der Waals surface area (Å²) in [6.45, 7) is 5.84. The van der Waals surface area contributed by atoms with Crippen LogP contribution in [0.2, 0.25) is 0 Å². The largest absolute Gasteiger partial charge is 0.282 e. The fourth-order valence-corrected chi connectivity index (χ4v) is 7.95. The van der Waals surface area contributed by atoms with E-state index in [0.29, 0.717) is 23.2 Å². The van der Waals surface area contributed by atoms with Gasteiger partial charge < -0.3 is 0 Å². The smallest absolute Gasteiger partial charge is 0.206 e. The molecule has 0 saturated carbocycles. The third-order valence-electron chi connectivity index (χ3n) is 4.78. The van der Waals surface area contributed by atoms with E-state index >= 15 is 0 Å². The van der Waals surface area contributed by atoms with E-state index < -0.39 is 20.2 Å². The molecule has 0 spiro atoms. The highest BCUT2D eigenvalue weighted by Gasteiger charge is 2.37. The van der Waals surface area contributed by atoms with Gasteiger partial charge in [-0.2, -0.15) is 21.3 Å². The van der Waals surface area contributed by atoms with Crippen molar-refractivity contribution in [1.29, 1.82) is 0 Å². The van der Waals surface area contributed by atoms with Crippen LogP contribution in [0.4, 0.5) is 0 Å². The summed E-state index contributed by atoms with van der Waals surface area (Å²) >= 11 is 1.25. The molecular formula is C15H25N3O4S3. The lowest BCUT2D eigenvalue weighted by molar-refractivity contribution is 0.228. The summed E-state index contributed by atoms with van der Waals surface area (Å²) in [5.41, 5.74) is 0. The van der Waals surface area contributed by atoms with E-state index in [4.69, 9.17) is 0 Å². The maximum atomic E-state index is 12.8. The fourth-order valence-electron chi connectivity index (χ4n) is 3.34. The molecule has 10 heteroatoms. The molecule has 1 aromatic rings. The van der Waals surface area contributed by atoms with Crippen molar-refractivity contribution in [3.63, 3.8) is 0 Å². The molecule has 142 valence electrons. The van der Waals surface area contributed by atoms with E-state index in [9.17, 15) is 16.8 Å². The van der Waals surface area contributed by atoms with Gasteiger partial charge in [0.1, 0.15) is 4.21 Å². The van der Waals surface area contributed by atoms with Gasteiger partial charge in [0.2, 0.25) is 0 Å². The van der Waals surface area contributed by atoms with Gasteiger partial charge in [-0.25, -0.2) is 8.42 Å². The molecule has 2 fully saturated rings. The van der Waals surface area contributed by atoms with Crippen molar-refractivity contribution in [1.82, 2.24) is 12.9 Å². The predicted molar refractivity (Wildman–Crippen MR) is 98.3 cm³/mol. The lowest BCUT2D eigenvalue weighted by Gasteiger charge is -2.38. The van der Waals surface area contributed by atoms with Crippen molar-refractivity contribution < 1.29 is 16.8 Å². The lowest BCUT2D eigenvalue weighted by Crippen LogP contribution is -2.55. The second kappa shape index (κ2) is 7.24. The Morgan fingerprint density at radius 2 is 1.60 bits per heavy atom. The highest BCUT2D eigenvalue weighted by atomic mass is 32.2. The lowest BCUT2D eigenvalue weighted by atomic mass is 10.0. The Morgan fingerprint density at radius 3 is 2.16 bits per heavy atom. The summed E-state index contributed by atoms with van der Waals surface area (Å²) in [6, 6.07) is 3.41. The second-order valence-electron chi connectivity index (χ2n) is 6.78. The van der Waals surface area contributed by atoms with Gasteiger partial charge >= 0.3 is 0 Å². The average Bonchev–Trinajstić information content (AvgIpc) is 3.02. The maximum absolute atomic E-state index is 12.8. The molecule has 0 N–H and O–H groups in total. The molecule has 0 bridgehead atoms. The summed E-state index contributed by atoms with van der Waals surface area (Å²) in [5, 5.41) is 0. The van der Waals surface area contributed by atoms with Crippen LogP contribution in [0.1, 0.15) is 24.6 Å². The molecule has 3 heterocycles. The number of nitrogens with zero attached hydrogens (tertiary/aromatic N) is 3. The first kappa shape index (κ1) is 19.2. The molecule has 0 aliphatic carbocycles. The van der Waals surface area contributed by atoms with Gasteiger partial charge in [-0.1, -0.05) is 6.92 Å². The minimum atomic E-state index is -3.53. The van der Waals surface area contributed by atoms with Crippen LogP contribution in [0.5, 0.6) is 0 Å². The van der Waals surface area contributed by atoms with Crippen LogP contribution in [0.15, 0.2) is 16.3 Å². The van der Waals surface area contributed by atoms with E-state index in [0.717, 1.165) is 17.7 Å². The number of hydrogen-bond donors (Lipinski definition) is 0. The molecule has 3 rings (SSSR count). The third kappa shape index (κ3) is 3.93. The molecule has 7 nitrogen and oxygen atoms in total. The number of thiophene rings is 1. The Labute approximate surface area is 154 Å². The summed E-state index contributed by atoms with van der Waals surface area (Å²) in [6.07, 6.45) is 1.94. The van der Waals surface area contributed by atoms with Crippen molar-refractivity contribution in [2.24, 2.45) is 5.92 Å². The summed E-state index contributed by atoms with van der Waals surface area (Å²) in [4.78, 5) is 0.944. The SMILES string of the molecule is Cc1ccc(S(=O)(=O)N2CCN(S(=O)(=O)N3CCCC(C)C3)CC2)s1. The van der Waals surface area contributed by atoms with Crippen LogP contribution in [0, 0.1) is 12.8 Å². The first-order valence-electron chi connectivity index (χ1n) is 8.53. The van der Waals surface area contributed by atoms with Crippen LogP contribution >= 0.6 is 11.3 Å². The van der Waals surface area contributed by atoms with Gasteiger partial charge in [0.25, 0.3) is 20.2 Å². The van der Waals surface area contributed by atoms with Crippen LogP contribution in [-0.2, 0) is 20.2 Å². The maximum Gasteiger partial charge on any atom is 0.282 e. The number of piperazine rings is 1. The Bertz CT molecular complexity index is 811. The van der Waals surface area contributed by atoms with E-state index in [1.165, 1.54) is 19.9 Å². The number of rotatable bonds is 4. The molecule has 2 aliphatic heterocycles. The zero-order valence-electron chi connectivity index (χ0n) is 14.6. The summed E-state index contributed by atoms with van der Waals surface area (Å²) in [5.74, 6) is 0.368. The molecule has 1 atom stereocenters. The fraction of sp³-hybridized carbons (Fsp3) is 0.733. The normalized spacial score (nSPS) is 25.3. The topological polar surface area (TPSA) is 78.0 Å². The Balaban J connectivity index is 1.67. The van der Waals surface area contributed by atoms with Gasteiger partial charge in [0.15, 0.2) is 0 Å². The molecule has 0 aromatic carbocycles. The molecule has 2 saturated heterocycles. The van der Waals surface area contributed by atoms with E-state index in [-0.39, 0.29) is 26.2 Å². The van der Waals surface area contributed by atoms with Crippen molar-refractivity contribution in [3.05, 3.63) is 17.0 Å². The number of piperidine rings is 1. The molecule has 0 amide bonds. The van der Waals surface area contributed by atoms with Gasteiger partial charge in [-0.15, -0.1) is 11.3 Å². The molecule has 2 aliphatic rings. The van der Waals surface area contributed by atoms with E-state index in [2.05, 4.69) is 6.92 Å². The van der Waals surface area contributed by atoms with Gasteiger partial charge in [0, 0.05) is 44.1 Å². The molecule has 0 radical (unpaired) electrons. The van der Waals surface area contributed by atoms with Gasteiger partial charge in [-0.3, -0.25) is 0 Å². The standard InChI is InChI=1S/C15H25N3O4S3/c1-13-4-3-7-18(12-13)25(21,22)17-10-8-16(9-11-17)24(19,20)15-6-5-14(2)23-15/h5-6,13H,3-4,7-12H2,1-2H3. The average molecular weight is 408 g/mol. The third-order valence-corrected chi connectivity index (χ3v) is 10.1. The van der Waals surface area contributed by atoms with Crippen molar-refractivity contribution >= 4 is 31.6 Å². The van der Waals surface area contributed by atoms with Crippen molar-refractivity contribution in [3.8, 4) is 0 Å². The van der Waals surface area contributed by atoms with E-state index in [1.54, 1.807) is 16.4 Å². The molecule has 25 heavy (non-hydrogen) atoms. The Hall–Kier alpha value is -0.520. The molecule has 1 aromatic heterocycles. The molecule has 1 unspecified atom stereocenters. The number of hydrogen-bond acceptors (Lipinski definition) is 5. The van der Waals surface area contributed by atoms with Crippen LogP contribution in [0.25, 0.3) is 0 Å². The minimum Gasteiger partial charge on any atom is -0.206 e. The number of aryl methyl sites for hydroxylation is 1. The highest BCUT2D eigenvalue weighted by Crippen LogP contribution is 2.26. The zero-order chi connectivity index (χ0) is 18.2. The van der Waals surface area contributed by atoms with Crippen LogP contribution in [-0.4, -0.2) is 69.0 Å². The minimum absolute atomic E-state index is 0.196. The first-order chi connectivity index (χ1) is 11.7. The quantitative estimate of drug-likeness (QED) is 0.755. The monoisotopic (exact) mass is 407 g/mol. The first-order valence-corrected chi connectivity index (χ1v) is 12.2. The second-order valence-corrected chi connectivity index (χ2v) is 12.2. The predicted octanol–water partition coefficient (Wildman–Crippen LogP) is 1.34. The van der Waals surface area contributed by atoms with Gasteiger partial charge in [0.05, 0.1) is 0 Å². The Kier molecular flexibility index (Phi) is 5.57. The highest BCUT2D eigenvalue weighted by molar-refractivity contribution is 7.91. The number of sulfonamides is 1. The Morgan fingerprint density at radius 1 is 0.960 bits per heavy atom. The molecular weight excluding hydrogens is 382 g/mol. The van der Waals surface area contributed by atoms with Crippen molar-refractivity contribution in [2.75, 3.05) is 39.3 Å². The zero-order valence-corrected chi connectivity index (χ0v) is 17.0. The van der Waals surface area contributed by atoms with Crippen molar-refractivity contribution in [2.45, 2.75) is 30.9 Å². The summed E-state index contributed by atoms with van der Waals surface area (Å²) in [7, 11) is -7.03. The van der Waals surface area contributed by atoms with Crippen LogP contribution < -0.4 is 0 Å².